The van der Waals surface area contributed by atoms with Crippen LogP contribution in [0.1, 0.15) is 18.1 Å². The third-order valence-corrected chi connectivity index (χ3v) is 3.59. The van der Waals surface area contributed by atoms with Crippen molar-refractivity contribution < 1.29 is 19.0 Å². The van der Waals surface area contributed by atoms with Gasteiger partial charge in [0.15, 0.2) is 6.10 Å². The Bertz CT molecular complexity index is 694. The Hall–Kier alpha value is -2.69. The molecule has 0 saturated heterocycles. The van der Waals surface area contributed by atoms with Crippen molar-refractivity contribution in [1.82, 2.24) is 5.32 Å². The summed E-state index contributed by atoms with van der Waals surface area (Å²) in [5.74, 6) is 1.96. The Labute approximate surface area is 148 Å². The molecule has 5 nitrogen and oxygen atoms in total. The van der Waals surface area contributed by atoms with Crippen LogP contribution in [0.2, 0.25) is 0 Å². The number of carbonyl (C=O) groups excluding carboxylic acids is 1. The van der Waals surface area contributed by atoms with Gasteiger partial charge in [0, 0.05) is 6.07 Å². The van der Waals surface area contributed by atoms with Crippen LogP contribution >= 0.6 is 0 Å². The number of methoxy groups -OCH3 is 1. The van der Waals surface area contributed by atoms with Gasteiger partial charge in [-0.05, 0) is 56.2 Å². The van der Waals surface area contributed by atoms with Crippen molar-refractivity contribution in [2.45, 2.75) is 26.9 Å². The summed E-state index contributed by atoms with van der Waals surface area (Å²) in [6.45, 7) is 6.50. The molecule has 0 spiro atoms. The van der Waals surface area contributed by atoms with Gasteiger partial charge in [0.25, 0.3) is 5.91 Å². The van der Waals surface area contributed by atoms with Crippen LogP contribution in [0, 0.1) is 13.8 Å². The number of hydrogen-bond donors (Lipinski definition) is 1. The molecule has 0 aliphatic rings. The second-order valence-corrected chi connectivity index (χ2v) is 5.90. The normalized spacial score (nSPS) is 11.5. The van der Waals surface area contributed by atoms with Crippen molar-refractivity contribution in [2.75, 3.05) is 20.3 Å². The van der Waals surface area contributed by atoms with E-state index in [1.54, 1.807) is 20.1 Å². The molecule has 2 aromatic carbocycles. The number of carbonyl (C=O) groups is 1. The molecule has 0 radical (unpaired) electrons. The van der Waals surface area contributed by atoms with Crippen LogP contribution in [0.4, 0.5) is 0 Å². The van der Waals surface area contributed by atoms with Gasteiger partial charge in [0.2, 0.25) is 0 Å². The molecule has 2 rings (SSSR count). The van der Waals surface area contributed by atoms with E-state index in [4.69, 9.17) is 14.2 Å². The zero-order valence-electron chi connectivity index (χ0n) is 15.2. The smallest absolute Gasteiger partial charge is 0.260 e. The molecule has 2 aromatic rings. The van der Waals surface area contributed by atoms with E-state index in [1.165, 1.54) is 0 Å². The van der Waals surface area contributed by atoms with E-state index >= 15 is 0 Å². The van der Waals surface area contributed by atoms with E-state index in [9.17, 15) is 4.79 Å². The van der Waals surface area contributed by atoms with E-state index < -0.39 is 6.10 Å². The molecule has 0 aliphatic heterocycles. The maximum Gasteiger partial charge on any atom is 0.260 e. The van der Waals surface area contributed by atoms with Crippen LogP contribution in [-0.2, 0) is 4.79 Å². The van der Waals surface area contributed by atoms with Gasteiger partial charge >= 0.3 is 0 Å². The van der Waals surface area contributed by atoms with Gasteiger partial charge in [0.05, 0.1) is 13.7 Å². The largest absolute Gasteiger partial charge is 0.497 e. The number of amides is 1. The van der Waals surface area contributed by atoms with Crippen LogP contribution in [-0.4, -0.2) is 32.3 Å². The monoisotopic (exact) mass is 343 g/mol. The van der Waals surface area contributed by atoms with Gasteiger partial charge in [-0.1, -0.05) is 12.1 Å². The quantitative estimate of drug-likeness (QED) is 0.748. The zero-order valence-corrected chi connectivity index (χ0v) is 15.2. The van der Waals surface area contributed by atoms with Crippen molar-refractivity contribution in [1.29, 1.82) is 0 Å². The molecule has 0 saturated carbocycles. The fourth-order valence-corrected chi connectivity index (χ4v) is 2.44. The van der Waals surface area contributed by atoms with Crippen molar-refractivity contribution in [3.63, 3.8) is 0 Å². The summed E-state index contributed by atoms with van der Waals surface area (Å²) in [6, 6.07) is 13.2. The lowest BCUT2D eigenvalue weighted by Gasteiger charge is -2.16. The number of nitrogens with one attached hydrogen (secondary N) is 1. The molecule has 0 heterocycles. The van der Waals surface area contributed by atoms with Crippen LogP contribution < -0.4 is 19.5 Å². The molecule has 25 heavy (non-hydrogen) atoms. The lowest BCUT2D eigenvalue weighted by atomic mass is 10.1. The average Bonchev–Trinajstić information content (AvgIpc) is 2.57. The summed E-state index contributed by atoms with van der Waals surface area (Å²) in [5, 5.41) is 2.81. The summed E-state index contributed by atoms with van der Waals surface area (Å²) in [4.78, 5) is 12.1. The maximum absolute atomic E-state index is 12.1. The first-order valence-corrected chi connectivity index (χ1v) is 8.27. The lowest BCUT2D eigenvalue weighted by Crippen LogP contribution is -2.38. The summed E-state index contributed by atoms with van der Waals surface area (Å²) >= 11 is 0. The second kappa shape index (κ2) is 8.97. The number of aryl methyl sites for hydroxylation is 2. The van der Waals surface area contributed by atoms with Crippen molar-refractivity contribution in [2.24, 2.45) is 0 Å². The number of hydrogen-bond acceptors (Lipinski definition) is 4. The third-order valence-electron chi connectivity index (χ3n) is 3.59. The fraction of sp³-hybridized carbons (Fsp3) is 0.350. The lowest BCUT2D eigenvalue weighted by molar-refractivity contribution is -0.127. The molecular weight excluding hydrogens is 318 g/mol. The molecule has 5 heteroatoms. The van der Waals surface area contributed by atoms with Gasteiger partial charge in [-0.25, -0.2) is 0 Å². The van der Waals surface area contributed by atoms with E-state index in [-0.39, 0.29) is 5.91 Å². The molecule has 134 valence electrons. The minimum atomic E-state index is -0.571. The minimum Gasteiger partial charge on any atom is -0.497 e. The summed E-state index contributed by atoms with van der Waals surface area (Å²) in [6.07, 6.45) is -0.571. The molecule has 1 amide bonds. The van der Waals surface area contributed by atoms with Crippen LogP contribution in [0.3, 0.4) is 0 Å². The van der Waals surface area contributed by atoms with E-state index in [0.717, 1.165) is 16.9 Å². The van der Waals surface area contributed by atoms with Crippen molar-refractivity contribution >= 4 is 5.91 Å². The predicted octanol–water partition coefficient (Wildman–Crippen LogP) is 3.27. The molecule has 0 aliphatic carbocycles. The van der Waals surface area contributed by atoms with Gasteiger partial charge < -0.3 is 19.5 Å². The van der Waals surface area contributed by atoms with Crippen molar-refractivity contribution in [3.05, 3.63) is 53.6 Å². The van der Waals surface area contributed by atoms with E-state index in [0.29, 0.717) is 24.7 Å². The first-order chi connectivity index (χ1) is 12.0. The van der Waals surface area contributed by atoms with Gasteiger partial charge in [-0.15, -0.1) is 0 Å². The highest BCUT2D eigenvalue weighted by Crippen LogP contribution is 2.19. The molecule has 1 N–H and O–H groups in total. The topological polar surface area (TPSA) is 56.8 Å². The van der Waals surface area contributed by atoms with Gasteiger partial charge in [0.1, 0.15) is 23.9 Å². The molecule has 0 fully saturated rings. The second-order valence-electron chi connectivity index (χ2n) is 5.90. The van der Waals surface area contributed by atoms with Crippen LogP contribution in [0.25, 0.3) is 0 Å². The highest BCUT2D eigenvalue weighted by Gasteiger charge is 2.14. The Kier molecular flexibility index (Phi) is 6.69. The Morgan fingerprint density at radius 3 is 2.40 bits per heavy atom. The maximum atomic E-state index is 12.1. The van der Waals surface area contributed by atoms with Gasteiger partial charge in [-0.3, -0.25) is 4.79 Å². The summed E-state index contributed by atoms with van der Waals surface area (Å²) in [7, 11) is 1.61. The molecule has 0 aromatic heterocycles. The number of benzene rings is 2. The molecule has 1 atom stereocenters. The predicted molar refractivity (Wildman–Crippen MR) is 97.5 cm³/mol. The summed E-state index contributed by atoms with van der Waals surface area (Å²) in [5.41, 5.74) is 2.21. The first kappa shape index (κ1) is 18.6. The van der Waals surface area contributed by atoms with Crippen LogP contribution in [0.15, 0.2) is 42.5 Å². The van der Waals surface area contributed by atoms with E-state index in [2.05, 4.69) is 11.4 Å². The molecule has 1 unspecified atom stereocenters. The Morgan fingerprint density at radius 1 is 1.04 bits per heavy atom. The van der Waals surface area contributed by atoms with Crippen LogP contribution in [0.5, 0.6) is 17.2 Å². The summed E-state index contributed by atoms with van der Waals surface area (Å²) < 4.78 is 16.4. The minimum absolute atomic E-state index is 0.173. The first-order valence-electron chi connectivity index (χ1n) is 8.27. The highest BCUT2D eigenvalue weighted by atomic mass is 16.5. The fourth-order valence-electron chi connectivity index (χ4n) is 2.44. The van der Waals surface area contributed by atoms with Gasteiger partial charge in [-0.2, -0.15) is 0 Å². The third kappa shape index (κ3) is 6.03. The number of rotatable bonds is 8. The zero-order chi connectivity index (χ0) is 18.2. The highest BCUT2D eigenvalue weighted by molar-refractivity contribution is 5.80. The standard InChI is InChI=1S/C20H25NO4/c1-14-10-15(2)12-19(11-14)25-16(3)20(22)21-8-9-24-18-7-5-6-17(13-18)23-4/h5-7,10-13,16H,8-9H2,1-4H3,(H,21,22). The SMILES string of the molecule is COc1cccc(OCCNC(=O)C(C)Oc2cc(C)cc(C)c2)c1. The average molecular weight is 343 g/mol. The number of ether oxygens (including phenoxy) is 3. The molecule has 0 bridgehead atoms. The Morgan fingerprint density at radius 2 is 1.72 bits per heavy atom. The molecular formula is C20H25NO4. The van der Waals surface area contributed by atoms with E-state index in [1.807, 2.05) is 44.2 Å². The Balaban J connectivity index is 1.75. The van der Waals surface area contributed by atoms with Crippen molar-refractivity contribution in [3.8, 4) is 17.2 Å².